The van der Waals surface area contributed by atoms with Crippen LogP contribution in [0.4, 0.5) is 0 Å². The van der Waals surface area contributed by atoms with E-state index in [-0.39, 0.29) is 6.10 Å². The number of benzene rings is 1. The fourth-order valence-electron chi connectivity index (χ4n) is 1.99. The predicted molar refractivity (Wildman–Crippen MR) is 84.3 cm³/mol. The van der Waals surface area contributed by atoms with Crippen LogP contribution in [0.1, 0.15) is 33.6 Å². The summed E-state index contributed by atoms with van der Waals surface area (Å²) in [6.07, 6.45) is 2.53. The molecular formula is C17H29NO2. The molecule has 1 unspecified atom stereocenters. The van der Waals surface area contributed by atoms with Crippen LogP contribution in [0.2, 0.25) is 0 Å². The van der Waals surface area contributed by atoms with Gasteiger partial charge in [0.25, 0.3) is 0 Å². The highest BCUT2D eigenvalue weighted by Crippen LogP contribution is 2.08. The quantitative estimate of drug-likeness (QED) is 0.629. The van der Waals surface area contributed by atoms with Gasteiger partial charge in [-0.05, 0) is 31.0 Å². The molecule has 0 saturated carbocycles. The Labute approximate surface area is 123 Å². The van der Waals surface area contributed by atoms with Gasteiger partial charge >= 0.3 is 0 Å². The van der Waals surface area contributed by atoms with E-state index in [1.807, 2.05) is 30.3 Å². The largest absolute Gasteiger partial charge is 0.491 e. The fraction of sp³-hybridized carbons (Fsp3) is 0.647. The zero-order chi connectivity index (χ0) is 14.6. The van der Waals surface area contributed by atoms with Gasteiger partial charge in [0.2, 0.25) is 0 Å². The van der Waals surface area contributed by atoms with E-state index in [0.29, 0.717) is 19.1 Å². The van der Waals surface area contributed by atoms with Gasteiger partial charge in [-0.1, -0.05) is 45.4 Å². The van der Waals surface area contributed by atoms with E-state index in [1.54, 1.807) is 0 Å². The van der Waals surface area contributed by atoms with Gasteiger partial charge in [0.1, 0.15) is 12.4 Å². The number of nitrogens with one attached hydrogen (secondary N) is 1. The molecule has 1 aromatic carbocycles. The van der Waals surface area contributed by atoms with Crippen LogP contribution in [0.3, 0.4) is 0 Å². The lowest BCUT2D eigenvalue weighted by atomic mass is 10.2. The summed E-state index contributed by atoms with van der Waals surface area (Å²) in [6.45, 7) is 9.85. The van der Waals surface area contributed by atoms with E-state index >= 15 is 0 Å². The fourth-order valence-corrected chi connectivity index (χ4v) is 1.99. The molecule has 0 aliphatic rings. The smallest absolute Gasteiger partial charge is 0.119 e. The van der Waals surface area contributed by atoms with E-state index in [0.717, 1.165) is 31.7 Å². The van der Waals surface area contributed by atoms with Gasteiger partial charge in [0.05, 0.1) is 12.7 Å². The van der Waals surface area contributed by atoms with Crippen LogP contribution >= 0.6 is 0 Å². The third kappa shape index (κ3) is 8.18. The van der Waals surface area contributed by atoms with Gasteiger partial charge in [0, 0.05) is 6.54 Å². The molecule has 1 rings (SSSR count). The van der Waals surface area contributed by atoms with Crippen LogP contribution in [-0.2, 0) is 4.74 Å². The molecule has 0 heterocycles. The first-order valence-corrected chi connectivity index (χ1v) is 7.72. The van der Waals surface area contributed by atoms with E-state index in [2.05, 4.69) is 26.1 Å². The van der Waals surface area contributed by atoms with Gasteiger partial charge < -0.3 is 14.8 Å². The molecule has 3 nitrogen and oxygen atoms in total. The first-order valence-electron chi connectivity index (χ1n) is 7.72. The maximum absolute atomic E-state index is 5.90. The van der Waals surface area contributed by atoms with Crippen molar-refractivity contribution >= 4 is 0 Å². The Hall–Kier alpha value is -1.06. The van der Waals surface area contributed by atoms with Crippen molar-refractivity contribution in [2.24, 2.45) is 5.92 Å². The monoisotopic (exact) mass is 279 g/mol. The van der Waals surface area contributed by atoms with Gasteiger partial charge in [-0.25, -0.2) is 0 Å². The molecule has 1 aromatic rings. The van der Waals surface area contributed by atoms with Crippen LogP contribution in [0.15, 0.2) is 30.3 Å². The summed E-state index contributed by atoms with van der Waals surface area (Å²) in [5.74, 6) is 1.58. The molecule has 0 aliphatic heterocycles. The van der Waals surface area contributed by atoms with Crippen LogP contribution in [0, 0.1) is 5.92 Å². The van der Waals surface area contributed by atoms with Crippen LogP contribution < -0.4 is 10.1 Å². The topological polar surface area (TPSA) is 30.5 Å². The van der Waals surface area contributed by atoms with Crippen LogP contribution in [-0.4, -0.2) is 32.4 Å². The number of hydrogen-bond acceptors (Lipinski definition) is 3. The summed E-state index contributed by atoms with van der Waals surface area (Å²) in [6, 6.07) is 9.88. The van der Waals surface area contributed by atoms with E-state index in [9.17, 15) is 0 Å². The second-order valence-electron chi connectivity index (χ2n) is 5.50. The Morgan fingerprint density at radius 2 is 1.80 bits per heavy atom. The van der Waals surface area contributed by atoms with Gasteiger partial charge in [-0.3, -0.25) is 0 Å². The number of para-hydroxylation sites is 1. The minimum Gasteiger partial charge on any atom is -0.491 e. The van der Waals surface area contributed by atoms with Gasteiger partial charge in [-0.15, -0.1) is 0 Å². The second-order valence-corrected chi connectivity index (χ2v) is 5.50. The van der Waals surface area contributed by atoms with Crippen molar-refractivity contribution in [3.63, 3.8) is 0 Å². The number of ether oxygens (including phenoxy) is 2. The number of hydrogen-bond donors (Lipinski definition) is 1. The highest BCUT2D eigenvalue weighted by atomic mass is 16.5. The number of rotatable bonds is 11. The zero-order valence-corrected chi connectivity index (χ0v) is 13.1. The van der Waals surface area contributed by atoms with Crippen molar-refractivity contribution in [3.8, 4) is 5.75 Å². The molecule has 0 bridgehead atoms. The van der Waals surface area contributed by atoms with Crippen molar-refractivity contribution in [3.05, 3.63) is 30.3 Å². The lowest BCUT2D eigenvalue weighted by Crippen LogP contribution is -2.32. The normalized spacial score (nSPS) is 12.6. The Morgan fingerprint density at radius 3 is 2.45 bits per heavy atom. The maximum Gasteiger partial charge on any atom is 0.119 e. The highest BCUT2D eigenvalue weighted by Gasteiger charge is 2.08. The van der Waals surface area contributed by atoms with Crippen molar-refractivity contribution in [1.82, 2.24) is 5.32 Å². The van der Waals surface area contributed by atoms with Crippen molar-refractivity contribution in [2.75, 3.05) is 26.3 Å². The van der Waals surface area contributed by atoms with Crippen LogP contribution in [0.25, 0.3) is 0 Å². The molecule has 0 amide bonds. The SMILES string of the molecule is CCCC(CNCC(C)C)OCCOc1ccccc1. The minimum atomic E-state index is 0.290. The molecule has 0 spiro atoms. The maximum atomic E-state index is 5.90. The molecule has 0 aromatic heterocycles. The third-order valence-corrected chi connectivity index (χ3v) is 2.98. The third-order valence-electron chi connectivity index (χ3n) is 2.98. The summed E-state index contributed by atoms with van der Waals surface area (Å²) in [5, 5.41) is 3.46. The highest BCUT2D eigenvalue weighted by molar-refractivity contribution is 5.20. The average Bonchev–Trinajstić information content (AvgIpc) is 2.44. The Balaban J connectivity index is 2.14. The van der Waals surface area contributed by atoms with Crippen LogP contribution in [0.5, 0.6) is 5.75 Å². The van der Waals surface area contributed by atoms with Crippen molar-refractivity contribution in [1.29, 1.82) is 0 Å². The first-order chi connectivity index (χ1) is 9.72. The van der Waals surface area contributed by atoms with E-state index in [1.165, 1.54) is 0 Å². The zero-order valence-electron chi connectivity index (χ0n) is 13.1. The lowest BCUT2D eigenvalue weighted by molar-refractivity contribution is 0.0286. The molecular weight excluding hydrogens is 250 g/mol. The summed E-state index contributed by atoms with van der Waals surface area (Å²) in [7, 11) is 0. The Morgan fingerprint density at radius 1 is 1.05 bits per heavy atom. The van der Waals surface area contributed by atoms with Crippen molar-refractivity contribution < 1.29 is 9.47 Å². The molecule has 1 N–H and O–H groups in total. The molecule has 0 radical (unpaired) electrons. The van der Waals surface area contributed by atoms with E-state index < -0.39 is 0 Å². The summed E-state index contributed by atoms with van der Waals surface area (Å²) in [4.78, 5) is 0. The summed E-state index contributed by atoms with van der Waals surface area (Å²) >= 11 is 0. The predicted octanol–water partition coefficient (Wildman–Crippen LogP) is 3.50. The first kappa shape index (κ1) is 17.0. The molecule has 3 heteroatoms. The molecule has 114 valence electrons. The Bertz CT molecular complexity index is 327. The average molecular weight is 279 g/mol. The lowest BCUT2D eigenvalue weighted by Gasteiger charge is -2.19. The molecule has 0 aliphatic carbocycles. The molecule has 20 heavy (non-hydrogen) atoms. The summed E-state index contributed by atoms with van der Waals surface area (Å²) < 4.78 is 11.5. The Kier molecular flexibility index (Phi) is 9.09. The van der Waals surface area contributed by atoms with Gasteiger partial charge in [-0.2, -0.15) is 0 Å². The van der Waals surface area contributed by atoms with E-state index in [4.69, 9.17) is 9.47 Å². The molecule has 0 saturated heterocycles. The van der Waals surface area contributed by atoms with Crippen molar-refractivity contribution in [2.45, 2.75) is 39.7 Å². The summed E-state index contributed by atoms with van der Waals surface area (Å²) in [5.41, 5.74) is 0. The van der Waals surface area contributed by atoms with Gasteiger partial charge in [0.15, 0.2) is 0 Å². The molecule has 0 fully saturated rings. The minimum absolute atomic E-state index is 0.290. The molecule has 1 atom stereocenters. The second kappa shape index (κ2) is 10.7. The standard InChI is InChI=1S/C17H29NO2/c1-4-8-17(14-18-13-15(2)3)20-12-11-19-16-9-6-5-7-10-16/h5-7,9-10,15,17-18H,4,8,11-14H2,1-3H3.